The van der Waals surface area contributed by atoms with Crippen molar-refractivity contribution in [2.24, 2.45) is 5.92 Å². The van der Waals surface area contributed by atoms with Gasteiger partial charge < -0.3 is 15.0 Å². The van der Waals surface area contributed by atoms with Crippen molar-refractivity contribution in [1.82, 2.24) is 10.3 Å². The SMILES string of the molecule is COCC(NC(=O)c1c[nH]c2ccccc12)C1CC1. The zero-order valence-corrected chi connectivity index (χ0v) is 11.0. The van der Waals surface area contributed by atoms with Crippen LogP contribution in [0.15, 0.2) is 30.5 Å². The molecule has 0 spiro atoms. The Labute approximate surface area is 112 Å². The van der Waals surface area contributed by atoms with Crippen molar-refractivity contribution in [1.29, 1.82) is 0 Å². The molecule has 0 aliphatic heterocycles. The van der Waals surface area contributed by atoms with Crippen molar-refractivity contribution >= 4 is 16.8 Å². The van der Waals surface area contributed by atoms with E-state index in [1.807, 2.05) is 24.3 Å². The largest absolute Gasteiger partial charge is 0.383 e. The van der Waals surface area contributed by atoms with E-state index in [-0.39, 0.29) is 11.9 Å². The second-order valence-corrected chi connectivity index (χ2v) is 5.12. The fourth-order valence-corrected chi connectivity index (χ4v) is 2.48. The number of aromatic amines is 1. The Hall–Kier alpha value is -1.81. The molecule has 1 fully saturated rings. The van der Waals surface area contributed by atoms with Gasteiger partial charge in [-0.3, -0.25) is 4.79 Å². The summed E-state index contributed by atoms with van der Waals surface area (Å²) in [5.74, 6) is 0.556. The molecule has 1 saturated carbocycles. The summed E-state index contributed by atoms with van der Waals surface area (Å²) in [6.45, 7) is 0.582. The molecule has 0 radical (unpaired) electrons. The second kappa shape index (κ2) is 5.05. The van der Waals surface area contributed by atoms with Gasteiger partial charge in [0.15, 0.2) is 0 Å². The van der Waals surface area contributed by atoms with Crippen LogP contribution in [0.5, 0.6) is 0 Å². The summed E-state index contributed by atoms with van der Waals surface area (Å²) in [5.41, 5.74) is 1.69. The lowest BCUT2D eigenvalue weighted by molar-refractivity contribution is 0.0886. The molecule has 1 aromatic carbocycles. The van der Waals surface area contributed by atoms with Crippen molar-refractivity contribution in [3.8, 4) is 0 Å². The molecule has 4 nitrogen and oxygen atoms in total. The quantitative estimate of drug-likeness (QED) is 0.864. The molecule has 100 valence electrons. The van der Waals surface area contributed by atoms with Crippen molar-refractivity contribution < 1.29 is 9.53 Å². The summed E-state index contributed by atoms with van der Waals surface area (Å²) < 4.78 is 5.19. The molecular weight excluding hydrogens is 240 g/mol. The average Bonchev–Trinajstić information content (AvgIpc) is 3.17. The minimum atomic E-state index is -0.0219. The Balaban J connectivity index is 1.79. The van der Waals surface area contributed by atoms with Crippen LogP contribution < -0.4 is 5.32 Å². The van der Waals surface area contributed by atoms with Crippen LogP contribution in [-0.4, -0.2) is 30.6 Å². The highest BCUT2D eigenvalue weighted by atomic mass is 16.5. The van der Waals surface area contributed by atoms with Crippen molar-refractivity contribution in [3.05, 3.63) is 36.0 Å². The van der Waals surface area contributed by atoms with Crippen LogP contribution >= 0.6 is 0 Å². The lowest BCUT2D eigenvalue weighted by atomic mass is 10.1. The maximum Gasteiger partial charge on any atom is 0.253 e. The molecule has 1 unspecified atom stereocenters. The lowest BCUT2D eigenvalue weighted by Crippen LogP contribution is -2.39. The molecule has 0 bridgehead atoms. The number of carbonyl (C=O) groups is 1. The van der Waals surface area contributed by atoms with Crippen LogP contribution in [-0.2, 0) is 4.74 Å². The Kier molecular flexibility index (Phi) is 3.25. The van der Waals surface area contributed by atoms with Crippen LogP contribution in [0.3, 0.4) is 0 Å². The topological polar surface area (TPSA) is 54.1 Å². The number of amides is 1. The van der Waals surface area contributed by atoms with Gasteiger partial charge in [0.25, 0.3) is 5.91 Å². The summed E-state index contributed by atoms with van der Waals surface area (Å²) in [6.07, 6.45) is 4.14. The third-order valence-electron chi connectivity index (χ3n) is 3.69. The fourth-order valence-electron chi connectivity index (χ4n) is 2.48. The summed E-state index contributed by atoms with van der Waals surface area (Å²) in [7, 11) is 1.67. The molecule has 4 heteroatoms. The van der Waals surface area contributed by atoms with E-state index in [0.29, 0.717) is 18.1 Å². The predicted molar refractivity (Wildman–Crippen MR) is 74.2 cm³/mol. The first-order valence-corrected chi connectivity index (χ1v) is 6.65. The van der Waals surface area contributed by atoms with E-state index in [0.717, 1.165) is 10.9 Å². The van der Waals surface area contributed by atoms with Gasteiger partial charge in [-0.25, -0.2) is 0 Å². The normalized spacial score (nSPS) is 16.5. The lowest BCUT2D eigenvalue weighted by Gasteiger charge is -2.16. The number of hydrogen-bond donors (Lipinski definition) is 2. The van der Waals surface area contributed by atoms with E-state index in [1.165, 1.54) is 12.8 Å². The Bertz CT molecular complexity index is 587. The van der Waals surface area contributed by atoms with Crippen LogP contribution in [0.25, 0.3) is 10.9 Å². The highest BCUT2D eigenvalue weighted by Crippen LogP contribution is 2.33. The zero-order chi connectivity index (χ0) is 13.2. The Morgan fingerprint density at radius 3 is 3.00 bits per heavy atom. The van der Waals surface area contributed by atoms with E-state index >= 15 is 0 Å². The van der Waals surface area contributed by atoms with Crippen LogP contribution in [0.4, 0.5) is 0 Å². The number of fused-ring (bicyclic) bond motifs is 1. The number of para-hydroxylation sites is 1. The third kappa shape index (κ3) is 2.49. The van der Waals surface area contributed by atoms with Gasteiger partial charge in [0.1, 0.15) is 0 Å². The molecule has 1 amide bonds. The van der Waals surface area contributed by atoms with Crippen LogP contribution in [0.2, 0.25) is 0 Å². The Morgan fingerprint density at radius 1 is 1.47 bits per heavy atom. The molecular formula is C15H18N2O2. The molecule has 3 rings (SSSR count). The average molecular weight is 258 g/mol. The summed E-state index contributed by atoms with van der Waals surface area (Å²) >= 11 is 0. The van der Waals surface area contributed by atoms with E-state index < -0.39 is 0 Å². The number of hydrogen-bond acceptors (Lipinski definition) is 2. The van der Waals surface area contributed by atoms with E-state index in [2.05, 4.69) is 10.3 Å². The zero-order valence-electron chi connectivity index (χ0n) is 11.0. The monoisotopic (exact) mass is 258 g/mol. The van der Waals surface area contributed by atoms with Gasteiger partial charge in [0.05, 0.1) is 18.2 Å². The molecule has 1 aliphatic rings. The smallest absolute Gasteiger partial charge is 0.253 e. The maximum absolute atomic E-state index is 12.4. The molecule has 2 aromatic rings. The van der Waals surface area contributed by atoms with E-state index in [1.54, 1.807) is 13.3 Å². The number of aromatic nitrogens is 1. The first kappa shape index (κ1) is 12.2. The fraction of sp³-hybridized carbons (Fsp3) is 0.400. The highest BCUT2D eigenvalue weighted by Gasteiger charge is 2.32. The number of benzene rings is 1. The number of H-pyrrole nitrogens is 1. The molecule has 1 atom stereocenters. The van der Waals surface area contributed by atoms with Gasteiger partial charge in [0, 0.05) is 24.2 Å². The number of methoxy groups -OCH3 is 1. The Morgan fingerprint density at radius 2 is 2.26 bits per heavy atom. The molecule has 19 heavy (non-hydrogen) atoms. The van der Waals surface area contributed by atoms with Crippen LogP contribution in [0, 0.1) is 5.92 Å². The van der Waals surface area contributed by atoms with Gasteiger partial charge in [-0.05, 0) is 24.8 Å². The number of carbonyl (C=O) groups excluding carboxylic acids is 1. The van der Waals surface area contributed by atoms with Crippen molar-refractivity contribution in [3.63, 3.8) is 0 Å². The summed E-state index contributed by atoms with van der Waals surface area (Å²) in [5, 5.41) is 4.06. The van der Waals surface area contributed by atoms with Crippen molar-refractivity contribution in [2.75, 3.05) is 13.7 Å². The summed E-state index contributed by atoms with van der Waals surface area (Å²) in [6, 6.07) is 7.97. The first-order chi connectivity index (χ1) is 9.29. The van der Waals surface area contributed by atoms with Gasteiger partial charge >= 0.3 is 0 Å². The standard InChI is InChI=1S/C15H18N2O2/c1-19-9-14(10-6-7-10)17-15(18)12-8-16-13-5-3-2-4-11(12)13/h2-5,8,10,14,16H,6-7,9H2,1H3,(H,17,18). The maximum atomic E-state index is 12.4. The predicted octanol–water partition coefficient (Wildman–Crippen LogP) is 2.32. The van der Waals surface area contributed by atoms with Gasteiger partial charge in [-0.2, -0.15) is 0 Å². The number of ether oxygens (including phenoxy) is 1. The number of nitrogens with one attached hydrogen (secondary N) is 2. The highest BCUT2D eigenvalue weighted by molar-refractivity contribution is 6.06. The first-order valence-electron chi connectivity index (χ1n) is 6.65. The van der Waals surface area contributed by atoms with E-state index in [9.17, 15) is 4.79 Å². The minimum Gasteiger partial charge on any atom is -0.383 e. The molecule has 1 aromatic heterocycles. The van der Waals surface area contributed by atoms with Gasteiger partial charge in [-0.1, -0.05) is 18.2 Å². The molecule has 2 N–H and O–H groups in total. The third-order valence-corrected chi connectivity index (χ3v) is 3.69. The molecule has 1 aliphatic carbocycles. The second-order valence-electron chi connectivity index (χ2n) is 5.12. The minimum absolute atomic E-state index is 0.0219. The number of rotatable bonds is 5. The van der Waals surface area contributed by atoms with E-state index in [4.69, 9.17) is 4.74 Å². The van der Waals surface area contributed by atoms with Gasteiger partial charge in [0.2, 0.25) is 0 Å². The molecule has 0 saturated heterocycles. The molecule has 1 heterocycles. The van der Waals surface area contributed by atoms with Gasteiger partial charge in [-0.15, -0.1) is 0 Å². The van der Waals surface area contributed by atoms with Crippen molar-refractivity contribution in [2.45, 2.75) is 18.9 Å². The summed E-state index contributed by atoms with van der Waals surface area (Å²) in [4.78, 5) is 15.5. The van der Waals surface area contributed by atoms with Crippen LogP contribution in [0.1, 0.15) is 23.2 Å².